The number of aromatic nitrogens is 1. The number of nitrogens with zero attached hydrogens (tertiary/aromatic N) is 1. The fourth-order valence-corrected chi connectivity index (χ4v) is 2.37. The van der Waals surface area contributed by atoms with Crippen molar-refractivity contribution in [3.8, 4) is 0 Å². The maximum Gasteiger partial charge on any atom is 0.271 e. The van der Waals surface area contributed by atoms with E-state index in [1.807, 2.05) is 0 Å². The lowest BCUT2D eigenvalue weighted by molar-refractivity contribution is 0.0925. The first kappa shape index (κ1) is 11.3. The quantitative estimate of drug-likeness (QED) is 0.726. The Morgan fingerprint density at radius 1 is 1.56 bits per heavy atom. The van der Waals surface area contributed by atoms with Gasteiger partial charge < -0.3 is 16.0 Å². The van der Waals surface area contributed by atoms with Gasteiger partial charge in [0.05, 0.1) is 0 Å². The Morgan fingerprint density at radius 2 is 2.31 bits per heavy atom. The molecule has 0 aromatic carbocycles. The van der Waals surface area contributed by atoms with E-state index in [9.17, 15) is 4.79 Å². The van der Waals surface area contributed by atoms with Crippen LogP contribution >= 0.6 is 11.3 Å². The number of piperidine rings is 1. The van der Waals surface area contributed by atoms with Crippen LogP contribution in [0.2, 0.25) is 0 Å². The molecule has 0 atom stereocenters. The first-order valence-electron chi connectivity index (χ1n) is 5.44. The highest BCUT2D eigenvalue weighted by atomic mass is 32.1. The van der Waals surface area contributed by atoms with Crippen LogP contribution in [0.25, 0.3) is 0 Å². The molecule has 16 heavy (non-hydrogen) atoms. The molecule has 2 rings (SSSR count). The molecule has 1 aromatic heterocycles. The van der Waals surface area contributed by atoms with Gasteiger partial charge in [-0.2, -0.15) is 0 Å². The molecule has 2 heterocycles. The minimum atomic E-state index is -0.0651. The molecule has 5 nitrogen and oxygen atoms in total. The summed E-state index contributed by atoms with van der Waals surface area (Å²) in [4.78, 5) is 16.0. The Hall–Kier alpha value is -1.14. The third kappa shape index (κ3) is 2.70. The van der Waals surface area contributed by atoms with E-state index in [4.69, 9.17) is 0 Å². The van der Waals surface area contributed by atoms with Crippen molar-refractivity contribution in [2.24, 2.45) is 0 Å². The van der Waals surface area contributed by atoms with Crippen molar-refractivity contribution in [1.29, 1.82) is 0 Å². The summed E-state index contributed by atoms with van der Waals surface area (Å²) in [6.07, 6.45) is 1.99. The molecule has 1 fully saturated rings. The van der Waals surface area contributed by atoms with Gasteiger partial charge in [0, 0.05) is 18.5 Å². The molecule has 1 saturated heterocycles. The van der Waals surface area contributed by atoms with Gasteiger partial charge >= 0.3 is 0 Å². The topological polar surface area (TPSA) is 66.0 Å². The fourth-order valence-electron chi connectivity index (χ4n) is 1.72. The van der Waals surface area contributed by atoms with Gasteiger partial charge in [-0.05, 0) is 25.9 Å². The maximum atomic E-state index is 11.8. The van der Waals surface area contributed by atoms with Gasteiger partial charge in [0.15, 0.2) is 5.13 Å². The molecule has 0 spiro atoms. The molecular weight excluding hydrogens is 224 g/mol. The standard InChI is InChI=1S/C10H16N4OS/c1-11-10-14-8(6-16-10)9(15)13-7-2-4-12-5-3-7/h6-7,12H,2-5H2,1H3,(H,11,14)(H,13,15). The van der Waals surface area contributed by atoms with Crippen molar-refractivity contribution >= 4 is 22.4 Å². The molecule has 1 aromatic rings. The molecule has 0 saturated carbocycles. The molecule has 6 heteroatoms. The Balaban J connectivity index is 1.91. The van der Waals surface area contributed by atoms with Crippen LogP contribution in [0.1, 0.15) is 23.3 Å². The predicted molar refractivity (Wildman–Crippen MR) is 65.0 cm³/mol. The van der Waals surface area contributed by atoms with Gasteiger partial charge in [-0.3, -0.25) is 4.79 Å². The number of nitrogens with one attached hydrogen (secondary N) is 3. The van der Waals surface area contributed by atoms with Crippen LogP contribution in [0, 0.1) is 0 Å². The molecular formula is C10H16N4OS. The van der Waals surface area contributed by atoms with E-state index in [1.165, 1.54) is 11.3 Å². The number of carbonyl (C=O) groups is 1. The van der Waals surface area contributed by atoms with Crippen LogP contribution in [0.5, 0.6) is 0 Å². The van der Waals surface area contributed by atoms with Crippen LogP contribution in [0.4, 0.5) is 5.13 Å². The zero-order chi connectivity index (χ0) is 11.4. The van der Waals surface area contributed by atoms with Gasteiger partial charge in [0.25, 0.3) is 5.91 Å². The van der Waals surface area contributed by atoms with E-state index in [0.717, 1.165) is 31.1 Å². The van der Waals surface area contributed by atoms with Crippen LogP contribution in [-0.4, -0.2) is 37.1 Å². The highest BCUT2D eigenvalue weighted by Gasteiger charge is 2.17. The number of thiazole rings is 1. The second-order valence-electron chi connectivity index (χ2n) is 3.79. The zero-order valence-electron chi connectivity index (χ0n) is 9.25. The van der Waals surface area contributed by atoms with Crippen molar-refractivity contribution in [3.05, 3.63) is 11.1 Å². The molecule has 0 aliphatic carbocycles. The van der Waals surface area contributed by atoms with Crippen molar-refractivity contribution in [3.63, 3.8) is 0 Å². The summed E-state index contributed by atoms with van der Waals surface area (Å²) in [6.45, 7) is 1.95. The number of amides is 1. The maximum absolute atomic E-state index is 11.8. The monoisotopic (exact) mass is 240 g/mol. The Bertz CT molecular complexity index is 359. The van der Waals surface area contributed by atoms with Crippen LogP contribution in [0.15, 0.2) is 5.38 Å². The van der Waals surface area contributed by atoms with E-state index in [0.29, 0.717) is 5.69 Å². The summed E-state index contributed by atoms with van der Waals surface area (Å²) in [6, 6.07) is 0.286. The number of anilines is 1. The SMILES string of the molecule is CNc1nc(C(=O)NC2CCNCC2)cs1. The van der Waals surface area contributed by atoms with Gasteiger partial charge in [-0.15, -0.1) is 11.3 Å². The zero-order valence-corrected chi connectivity index (χ0v) is 10.1. The van der Waals surface area contributed by atoms with Crippen molar-refractivity contribution in [1.82, 2.24) is 15.6 Å². The van der Waals surface area contributed by atoms with Crippen LogP contribution < -0.4 is 16.0 Å². The summed E-state index contributed by atoms with van der Waals surface area (Å²) in [7, 11) is 1.80. The van der Waals surface area contributed by atoms with Gasteiger partial charge in [0.1, 0.15) is 5.69 Å². The molecule has 3 N–H and O–H groups in total. The largest absolute Gasteiger partial charge is 0.365 e. The summed E-state index contributed by atoms with van der Waals surface area (Å²) >= 11 is 1.44. The lowest BCUT2D eigenvalue weighted by atomic mass is 10.1. The van der Waals surface area contributed by atoms with Crippen LogP contribution in [0.3, 0.4) is 0 Å². The molecule has 1 aliphatic rings. The number of rotatable bonds is 3. The van der Waals surface area contributed by atoms with Crippen molar-refractivity contribution in [2.75, 3.05) is 25.5 Å². The first-order chi connectivity index (χ1) is 7.79. The minimum Gasteiger partial charge on any atom is -0.365 e. The molecule has 0 radical (unpaired) electrons. The van der Waals surface area contributed by atoms with Gasteiger partial charge in [-0.25, -0.2) is 4.98 Å². The Labute approximate surface area is 98.7 Å². The normalized spacial score (nSPS) is 17.1. The van der Waals surface area contributed by atoms with Gasteiger partial charge in [0.2, 0.25) is 0 Å². The summed E-state index contributed by atoms with van der Waals surface area (Å²) in [5, 5.41) is 11.8. The van der Waals surface area contributed by atoms with Crippen molar-refractivity contribution < 1.29 is 4.79 Å². The highest BCUT2D eigenvalue weighted by Crippen LogP contribution is 2.14. The van der Waals surface area contributed by atoms with Gasteiger partial charge in [-0.1, -0.05) is 0 Å². The Kier molecular flexibility index (Phi) is 3.74. The second-order valence-corrected chi connectivity index (χ2v) is 4.64. The molecule has 0 unspecified atom stereocenters. The summed E-state index contributed by atoms with van der Waals surface area (Å²) in [5.74, 6) is -0.0651. The average Bonchev–Trinajstić information content (AvgIpc) is 2.79. The summed E-state index contributed by atoms with van der Waals surface area (Å²) in [5.41, 5.74) is 0.507. The van der Waals surface area contributed by atoms with E-state index in [1.54, 1.807) is 12.4 Å². The van der Waals surface area contributed by atoms with Crippen molar-refractivity contribution in [2.45, 2.75) is 18.9 Å². The van der Waals surface area contributed by atoms with E-state index in [2.05, 4.69) is 20.9 Å². The third-order valence-electron chi connectivity index (χ3n) is 2.63. The second kappa shape index (κ2) is 5.27. The lowest BCUT2D eigenvalue weighted by Crippen LogP contribution is -2.42. The first-order valence-corrected chi connectivity index (χ1v) is 6.32. The number of hydrogen-bond acceptors (Lipinski definition) is 5. The Morgan fingerprint density at radius 3 is 2.94 bits per heavy atom. The number of carbonyl (C=O) groups excluding carboxylic acids is 1. The number of hydrogen-bond donors (Lipinski definition) is 3. The minimum absolute atomic E-state index is 0.0651. The van der Waals surface area contributed by atoms with Crippen LogP contribution in [-0.2, 0) is 0 Å². The molecule has 1 amide bonds. The highest BCUT2D eigenvalue weighted by molar-refractivity contribution is 7.13. The van der Waals surface area contributed by atoms with E-state index < -0.39 is 0 Å². The molecule has 1 aliphatic heterocycles. The fraction of sp³-hybridized carbons (Fsp3) is 0.600. The smallest absolute Gasteiger partial charge is 0.271 e. The lowest BCUT2D eigenvalue weighted by Gasteiger charge is -2.23. The summed E-state index contributed by atoms with van der Waals surface area (Å²) < 4.78 is 0. The average molecular weight is 240 g/mol. The molecule has 88 valence electrons. The molecule has 0 bridgehead atoms. The predicted octanol–water partition coefficient (Wildman–Crippen LogP) is 0.667. The van der Waals surface area contributed by atoms with E-state index >= 15 is 0 Å². The van der Waals surface area contributed by atoms with E-state index in [-0.39, 0.29) is 11.9 Å². The third-order valence-corrected chi connectivity index (χ3v) is 3.48.